The summed E-state index contributed by atoms with van der Waals surface area (Å²) in [5.74, 6) is 0. The molecule has 0 aromatic carbocycles. The number of aliphatic hydroxyl groups is 2. The van der Waals surface area contributed by atoms with E-state index in [0.717, 1.165) is 19.3 Å². The Kier molecular flexibility index (Phi) is 11.9. The Labute approximate surface area is 87.0 Å². The van der Waals surface area contributed by atoms with Gasteiger partial charge in [-0.05, 0) is 31.4 Å². The highest BCUT2D eigenvalue weighted by molar-refractivity contribution is 4.83. The van der Waals surface area contributed by atoms with Gasteiger partial charge in [-0.2, -0.15) is 0 Å². The second-order valence-electron chi connectivity index (χ2n) is 3.39. The Morgan fingerprint density at radius 3 is 2.07 bits per heavy atom. The van der Waals surface area contributed by atoms with Crippen LogP contribution in [0.5, 0.6) is 0 Å². The van der Waals surface area contributed by atoms with Gasteiger partial charge in [-0.25, -0.2) is 0 Å². The van der Waals surface area contributed by atoms with Crippen molar-refractivity contribution in [1.82, 2.24) is 0 Å². The maximum absolute atomic E-state index is 8.55. The molecule has 2 nitrogen and oxygen atoms in total. The molecule has 82 valence electrons. The summed E-state index contributed by atoms with van der Waals surface area (Å²) in [5.41, 5.74) is 2.91. The number of rotatable bonds is 9. The van der Waals surface area contributed by atoms with Crippen molar-refractivity contribution in [3.63, 3.8) is 0 Å². The fourth-order valence-electron chi connectivity index (χ4n) is 1.28. The summed E-state index contributed by atoms with van der Waals surface area (Å²) >= 11 is 0. The van der Waals surface area contributed by atoms with Gasteiger partial charge in [0.2, 0.25) is 0 Å². The van der Waals surface area contributed by atoms with Gasteiger partial charge in [0.15, 0.2) is 0 Å². The molecule has 0 amide bonds. The van der Waals surface area contributed by atoms with E-state index in [1.54, 1.807) is 6.08 Å². The van der Waals surface area contributed by atoms with Crippen LogP contribution in [-0.4, -0.2) is 23.4 Å². The highest BCUT2D eigenvalue weighted by Gasteiger charge is 1.88. The van der Waals surface area contributed by atoms with Crippen LogP contribution in [-0.2, 0) is 0 Å². The molecule has 0 aliphatic rings. The summed E-state index contributed by atoms with van der Waals surface area (Å²) in [5, 5.41) is 17.0. The minimum Gasteiger partial charge on any atom is -0.396 e. The van der Waals surface area contributed by atoms with Crippen LogP contribution in [0.4, 0.5) is 0 Å². The highest BCUT2D eigenvalue weighted by atomic mass is 16.3. The maximum Gasteiger partial charge on any atom is 0.0686 e. The molecule has 2 heteroatoms. The molecule has 2 N–H and O–H groups in total. The van der Waals surface area contributed by atoms with Crippen LogP contribution in [0.2, 0.25) is 0 Å². The summed E-state index contributed by atoms with van der Waals surface area (Å²) in [6, 6.07) is 0. The molecule has 0 aliphatic heterocycles. The van der Waals surface area contributed by atoms with E-state index in [-0.39, 0.29) is 6.61 Å². The topological polar surface area (TPSA) is 40.5 Å². The van der Waals surface area contributed by atoms with Crippen LogP contribution in [0, 0.1) is 0 Å². The van der Waals surface area contributed by atoms with Crippen LogP contribution >= 0.6 is 0 Å². The zero-order valence-corrected chi connectivity index (χ0v) is 8.91. The molecular weight excluding hydrogens is 176 g/mol. The third kappa shape index (κ3) is 11.4. The molecule has 0 unspecified atom stereocenters. The van der Waals surface area contributed by atoms with Crippen molar-refractivity contribution in [2.45, 2.75) is 44.9 Å². The second kappa shape index (κ2) is 12.4. The first-order chi connectivity index (χ1) is 6.91. The Morgan fingerprint density at radius 2 is 1.43 bits per heavy atom. The predicted molar refractivity (Wildman–Crippen MR) is 59.1 cm³/mol. The predicted octanol–water partition coefficient (Wildman–Crippen LogP) is 2.41. The maximum atomic E-state index is 8.55. The monoisotopic (exact) mass is 198 g/mol. The normalized spacial score (nSPS) is 9.57. The van der Waals surface area contributed by atoms with Gasteiger partial charge in [-0.15, -0.1) is 5.73 Å². The van der Waals surface area contributed by atoms with E-state index in [1.165, 1.54) is 25.7 Å². The summed E-state index contributed by atoms with van der Waals surface area (Å²) in [7, 11) is 0. The number of hydrogen-bond acceptors (Lipinski definition) is 2. The Hall–Kier alpha value is -0.560. The molecule has 0 saturated heterocycles. The molecule has 0 radical (unpaired) electrons. The van der Waals surface area contributed by atoms with E-state index in [0.29, 0.717) is 6.61 Å². The summed E-state index contributed by atoms with van der Waals surface area (Å²) in [6.07, 6.45) is 11.7. The number of aliphatic hydroxyl groups excluding tert-OH is 2. The number of unbranched alkanes of at least 4 members (excludes halogenated alkanes) is 6. The highest BCUT2D eigenvalue weighted by Crippen LogP contribution is 2.06. The number of hydrogen-bond donors (Lipinski definition) is 2. The fraction of sp³-hybridized carbons (Fsp3) is 0.750. The molecule has 0 spiro atoms. The molecule has 0 saturated carbocycles. The van der Waals surface area contributed by atoms with Gasteiger partial charge in [-0.1, -0.05) is 25.7 Å². The first-order valence-corrected chi connectivity index (χ1v) is 5.53. The fourth-order valence-corrected chi connectivity index (χ4v) is 1.28. The molecule has 14 heavy (non-hydrogen) atoms. The van der Waals surface area contributed by atoms with E-state index in [4.69, 9.17) is 10.2 Å². The van der Waals surface area contributed by atoms with Crippen molar-refractivity contribution in [2.75, 3.05) is 13.2 Å². The van der Waals surface area contributed by atoms with E-state index >= 15 is 0 Å². The third-order valence-electron chi connectivity index (χ3n) is 2.08. The van der Waals surface area contributed by atoms with Gasteiger partial charge in [0.25, 0.3) is 0 Å². The Balaban J connectivity index is 3.02. The molecule has 0 bridgehead atoms. The van der Waals surface area contributed by atoms with E-state index in [9.17, 15) is 0 Å². The van der Waals surface area contributed by atoms with Crippen molar-refractivity contribution in [3.8, 4) is 0 Å². The van der Waals surface area contributed by atoms with Gasteiger partial charge >= 0.3 is 0 Å². The minimum absolute atomic E-state index is 0.0810. The summed E-state index contributed by atoms with van der Waals surface area (Å²) < 4.78 is 0. The van der Waals surface area contributed by atoms with Crippen LogP contribution < -0.4 is 0 Å². The van der Waals surface area contributed by atoms with Crippen molar-refractivity contribution in [1.29, 1.82) is 0 Å². The van der Waals surface area contributed by atoms with Gasteiger partial charge in [0.05, 0.1) is 6.61 Å². The molecule has 0 heterocycles. The molecule has 0 aromatic rings. The summed E-state index contributed by atoms with van der Waals surface area (Å²) in [4.78, 5) is 0. The lowest BCUT2D eigenvalue weighted by molar-refractivity contribution is 0.282. The molecule has 0 atom stereocenters. The first-order valence-electron chi connectivity index (χ1n) is 5.53. The lowest BCUT2D eigenvalue weighted by Gasteiger charge is -1.97. The van der Waals surface area contributed by atoms with Gasteiger partial charge in [0, 0.05) is 6.61 Å². The Bertz CT molecular complexity index is 158. The molecular formula is C12H22O2. The molecule has 0 aromatic heterocycles. The smallest absolute Gasteiger partial charge is 0.0686 e. The van der Waals surface area contributed by atoms with Crippen LogP contribution in [0.25, 0.3) is 0 Å². The molecule has 0 aliphatic carbocycles. The zero-order chi connectivity index (χ0) is 10.5. The molecule has 0 rings (SSSR count). The SMILES string of the molecule is OCC=C=CCCCCCCCCO. The van der Waals surface area contributed by atoms with Crippen molar-refractivity contribution < 1.29 is 10.2 Å². The minimum atomic E-state index is 0.0810. The first kappa shape index (κ1) is 13.4. The van der Waals surface area contributed by atoms with Crippen molar-refractivity contribution in [3.05, 3.63) is 17.9 Å². The Morgan fingerprint density at radius 1 is 0.786 bits per heavy atom. The van der Waals surface area contributed by atoms with Gasteiger partial charge in [0.1, 0.15) is 0 Å². The average Bonchev–Trinajstić information content (AvgIpc) is 2.21. The average molecular weight is 198 g/mol. The standard InChI is InChI=1S/C12H22O2/c13-11-9-7-5-3-1-2-4-6-8-10-12-14/h5,9,13-14H,1-4,6,8,10-12H2. The van der Waals surface area contributed by atoms with Crippen LogP contribution in [0.1, 0.15) is 44.9 Å². The van der Waals surface area contributed by atoms with Gasteiger partial charge in [-0.3, -0.25) is 0 Å². The zero-order valence-electron chi connectivity index (χ0n) is 8.91. The van der Waals surface area contributed by atoms with E-state index in [2.05, 4.69) is 5.73 Å². The second-order valence-corrected chi connectivity index (χ2v) is 3.39. The third-order valence-corrected chi connectivity index (χ3v) is 2.08. The molecule has 0 fully saturated rings. The van der Waals surface area contributed by atoms with Gasteiger partial charge < -0.3 is 10.2 Å². The van der Waals surface area contributed by atoms with Crippen molar-refractivity contribution >= 4 is 0 Å². The summed E-state index contributed by atoms with van der Waals surface area (Å²) in [6.45, 7) is 0.409. The van der Waals surface area contributed by atoms with Crippen molar-refractivity contribution in [2.24, 2.45) is 0 Å². The van der Waals surface area contributed by atoms with E-state index in [1.807, 2.05) is 6.08 Å². The lowest BCUT2D eigenvalue weighted by Crippen LogP contribution is -1.83. The quantitative estimate of drug-likeness (QED) is 0.441. The van der Waals surface area contributed by atoms with Crippen LogP contribution in [0.15, 0.2) is 17.9 Å². The largest absolute Gasteiger partial charge is 0.396 e. The van der Waals surface area contributed by atoms with Crippen LogP contribution in [0.3, 0.4) is 0 Å². The van der Waals surface area contributed by atoms with E-state index < -0.39 is 0 Å². The lowest BCUT2D eigenvalue weighted by atomic mass is 10.1.